The van der Waals surface area contributed by atoms with Crippen LogP contribution in [0.5, 0.6) is 0 Å². The van der Waals surface area contributed by atoms with E-state index in [4.69, 9.17) is 21.4 Å². The third kappa shape index (κ3) is 5.39. The molecule has 0 bridgehead atoms. The number of carbonyl (C=O) groups excluding carboxylic acids is 3. The predicted octanol–water partition coefficient (Wildman–Crippen LogP) is 5.02. The van der Waals surface area contributed by atoms with Crippen molar-refractivity contribution in [3.05, 3.63) is 45.1 Å². The van der Waals surface area contributed by atoms with Crippen LogP contribution < -0.4 is 5.32 Å². The van der Waals surface area contributed by atoms with E-state index in [2.05, 4.69) is 5.32 Å². The molecule has 0 atom stereocenters. The van der Waals surface area contributed by atoms with E-state index in [9.17, 15) is 14.4 Å². The molecule has 0 saturated carbocycles. The summed E-state index contributed by atoms with van der Waals surface area (Å²) in [7, 11) is 0. The maximum Gasteiger partial charge on any atom is 0.341 e. The zero-order chi connectivity index (χ0) is 23.4. The van der Waals surface area contributed by atoms with Crippen LogP contribution >= 0.6 is 35.3 Å². The van der Waals surface area contributed by atoms with Crippen molar-refractivity contribution in [3.8, 4) is 0 Å². The van der Waals surface area contributed by atoms with Crippen molar-refractivity contribution < 1.29 is 23.5 Å². The zero-order valence-corrected chi connectivity index (χ0v) is 20.6. The Balaban J connectivity index is 1.36. The molecular weight excluding hydrogens is 480 g/mol. The molecule has 1 saturated heterocycles. The molecule has 0 unspecified atom stereocenters. The first-order valence-electron chi connectivity index (χ1n) is 10.9. The number of aryl methyl sites for hydroxylation is 1. The summed E-state index contributed by atoms with van der Waals surface area (Å²) in [6.07, 6.45) is 7.73. The maximum absolute atomic E-state index is 12.7. The Hall–Kier alpha value is -2.43. The molecule has 1 aliphatic heterocycles. The molecule has 1 aliphatic carbocycles. The van der Waals surface area contributed by atoms with Gasteiger partial charge in [0.05, 0.1) is 23.3 Å². The van der Waals surface area contributed by atoms with Gasteiger partial charge in [-0.1, -0.05) is 24.0 Å². The molecule has 1 fully saturated rings. The lowest BCUT2D eigenvalue weighted by Crippen LogP contribution is -2.29. The van der Waals surface area contributed by atoms with E-state index in [1.807, 2.05) is 0 Å². The molecule has 0 aromatic carbocycles. The number of hydrogen-bond donors (Lipinski definition) is 1. The highest BCUT2D eigenvalue weighted by Gasteiger charge is 2.32. The predicted molar refractivity (Wildman–Crippen MR) is 133 cm³/mol. The quantitative estimate of drug-likeness (QED) is 0.307. The molecule has 2 amide bonds. The Morgan fingerprint density at radius 3 is 2.91 bits per heavy atom. The number of thioether (sulfide) groups is 1. The van der Waals surface area contributed by atoms with Gasteiger partial charge in [-0.15, -0.1) is 11.3 Å². The topological polar surface area (TPSA) is 88.9 Å². The third-order valence-electron chi connectivity index (χ3n) is 5.38. The largest absolute Gasteiger partial charge is 0.465 e. The summed E-state index contributed by atoms with van der Waals surface area (Å²) in [5.41, 5.74) is 1.52. The molecule has 4 rings (SSSR count). The van der Waals surface area contributed by atoms with Gasteiger partial charge in [-0.05, 0) is 56.7 Å². The van der Waals surface area contributed by atoms with E-state index in [1.54, 1.807) is 31.4 Å². The van der Waals surface area contributed by atoms with Crippen molar-refractivity contribution in [2.75, 3.05) is 18.5 Å². The van der Waals surface area contributed by atoms with Crippen molar-refractivity contribution in [3.63, 3.8) is 0 Å². The van der Waals surface area contributed by atoms with Gasteiger partial charge < -0.3 is 14.5 Å². The lowest BCUT2D eigenvalue weighted by molar-refractivity contribution is -0.122. The molecular formula is C23H24N2O5S3. The Bertz CT molecular complexity index is 1100. The van der Waals surface area contributed by atoms with Crippen LogP contribution in [0.25, 0.3) is 6.08 Å². The first kappa shape index (κ1) is 23.7. The molecule has 1 N–H and O–H groups in total. The van der Waals surface area contributed by atoms with Gasteiger partial charge >= 0.3 is 5.97 Å². The lowest BCUT2D eigenvalue weighted by atomic mass is 9.95. The van der Waals surface area contributed by atoms with Crippen LogP contribution in [0.4, 0.5) is 5.00 Å². The summed E-state index contributed by atoms with van der Waals surface area (Å²) >= 11 is 8.03. The van der Waals surface area contributed by atoms with Crippen LogP contribution in [-0.4, -0.2) is 40.2 Å². The Labute approximate surface area is 205 Å². The van der Waals surface area contributed by atoms with Crippen molar-refractivity contribution in [2.24, 2.45) is 0 Å². The van der Waals surface area contributed by atoms with Crippen LogP contribution in [-0.2, 0) is 27.2 Å². The summed E-state index contributed by atoms with van der Waals surface area (Å²) in [5, 5.41) is 3.47. The fourth-order valence-corrected chi connectivity index (χ4v) is 6.44. The molecule has 2 aliphatic rings. The van der Waals surface area contributed by atoms with Crippen molar-refractivity contribution in [1.82, 2.24) is 4.90 Å². The fourth-order valence-electron chi connectivity index (χ4n) is 3.86. The van der Waals surface area contributed by atoms with Gasteiger partial charge in [0.2, 0.25) is 5.91 Å². The van der Waals surface area contributed by atoms with Crippen LogP contribution in [0.15, 0.2) is 27.7 Å². The molecule has 174 valence electrons. The van der Waals surface area contributed by atoms with E-state index in [-0.39, 0.29) is 30.8 Å². The minimum absolute atomic E-state index is 0.183. The van der Waals surface area contributed by atoms with Crippen molar-refractivity contribution >= 4 is 68.5 Å². The van der Waals surface area contributed by atoms with Crippen LogP contribution in [0.2, 0.25) is 0 Å². The van der Waals surface area contributed by atoms with Gasteiger partial charge in [-0.25, -0.2) is 4.79 Å². The first-order valence-corrected chi connectivity index (χ1v) is 12.9. The summed E-state index contributed by atoms with van der Waals surface area (Å²) in [6.45, 7) is 2.40. The van der Waals surface area contributed by atoms with Gasteiger partial charge in [-0.2, -0.15) is 0 Å². The number of ether oxygens (including phenoxy) is 1. The number of anilines is 1. The van der Waals surface area contributed by atoms with E-state index in [0.717, 1.165) is 36.1 Å². The molecule has 3 heterocycles. The number of nitrogens with one attached hydrogen (secondary N) is 1. The second-order valence-electron chi connectivity index (χ2n) is 7.64. The number of carbonyl (C=O) groups is 3. The smallest absolute Gasteiger partial charge is 0.341 e. The Morgan fingerprint density at radius 2 is 2.15 bits per heavy atom. The molecule has 0 spiro atoms. The maximum atomic E-state index is 12.7. The first-order chi connectivity index (χ1) is 16.0. The van der Waals surface area contributed by atoms with Gasteiger partial charge in [0.1, 0.15) is 15.1 Å². The van der Waals surface area contributed by atoms with Crippen molar-refractivity contribution in [1.29, 1.82) is 0 Å². The van der Waals surface area contributed by atoms with Crippen LogP contribution in [0, 0.1) is 0 Å². The van der Waals surface area contributed by atoms with Gasteiger partial charge in [0.15, 0.2) is 0 Å². The number of rotatable bonds is 8. The van der Waals surface area contributed by atoms with Gasteiger partial charge in [0, 0.05) is 23.9 Å². The number of thiocarbonyl (C=S) groups is 1. The SMILES string of the molecule is CCOC(=O)c1c(NC(=O)CCCN2C(=O)/C(=C\c3ccco3)SC2=S)sc2c1CCCC2. The Morgan fingerprint density at radius 1 is 1.33 bits per heavy atom. The Kier molecular flexibility index (Phi) is 7.67. The molecule has 33 heavy (non-hydrogen) atoms. The number of esters is 1. The summed E-state index contributed by atoms with van der Waals surface area (Å²) in [6, 6.07) is 3.52. The summed E-state index contributed by atoms with van der Waals surface area (Å²) < 4.78 is 11.0. The molecule has 7 nitrogen and oxygen atoms in total. The number of hydrogen-bond acceptors (Lipinski definition) is 8. The number of fused-ring (bicyclic) bond motifs is 1. The monoisotopic (exact) mass is 504 g/mol. The van der Waals surface area contributed by atoms with Gasteiger partial charge in [-0.3, -0.25) is 14.5 Å². The minimum Gasteiger partial charge on any atom is -0.465 e. The average Bonchev–Trinajstić information content (AvgIpc) is 3.48. The van der Waals surface area contributed by atoms with E-state index >= 15 is 0 Å². The second-order valence-corrected chi connectivity index (χ2v) is 10.4. The number of furan rings is 1. The minimum atomic E-state index is -0.381. The lowest BCUT2D eigenvalue weighted by Gasteiger charge is -2.14. The van der Waals surface area contributed by atoms with E-state index in [0.29, 0.717) is 38.5 Å². The normalized spacial score (nSPS) is 16.9. The van der Waals surface area contributed by atoms with E-state index < -0.39 is 0 Å². The van der Waals surface area contributed by atoms with Crippen molar-refractivity contribution in [2.45, 2.75) is 45.4 Å². The van der Waals surface area contributed by atoms with Crippen LogP contribution in [0.1, 0.15) is 59.2 Å². The highest BCUT2D eigenvalue weighted by molar-refractivity contribution is 8.26. The van der Waals surface area contributed by atoms with Gasteiger partial charge in [0.25, 0.3) is 5.91 Å². The highest BCUT2D eigenvalue weighted by atomic mass is 32.2. The molecule has 2 aromatic rings. The number of nitrogens with zero attached hydrogens (tertiary/aromatic N) is 1. The molecule has 10 heteroatoms. The fraction of sp³-hybridized carbons (Fsp3) is 0.391. The molecule has 2 aromatic heterocycles. The zero-order valence-electron chi connectivity index (χ0n) is 18.2. The average molecular weight is 505 g/mol. The summed E-state index contributed by atoms with van der Waals surface area (Å²) in [5.74, 6) is -0.174. The summed E-state index contributed by atoms with van der Waals surface area (Å²) in [4.78, 5) is 41.0. The van der Waals surface area contributed by atoms with E-state index in [1.165, 1.54) is 28.0 Å². The third-order valence-corrected chi connectivity index (χ3v) is 7.96. The highest BCUT2D eigenvalue weighted by Crippen LogP contribution is 2.39. The van der Waals surface area contributed by atoms with Crippen LogP contribution in [0.3, 0.4) is 0 Å². The number of thiophene rings is 1. The second kappa shape index (κ2) is 10.7. The molecule has 0 radical (unpaired) electrons. The standard InChI is InChI=1S/C23H24N2O5S3/c1-2-29-22(28)19-15-8-3-4-9-16(15)32-20(19)24-18(26)10-5-11-25-21(27)17(33-23(25)31)13-14-7-6-12-30-14/h6-7,12-13H,2-5,8-11H2,1H3,(H,24,26)/b17-13+. The number of amides is 2.